The summed E-state index contributed by atoms with van der Waals surface area (Å²) in [5.41, 5.74) is 2.63. The minimum absolute atomic E-state index is 0. The van der Waals surface area contributed by atoms with Gasteiger partial charge in [-0.3, -0.25) is 4.90 Å². The van der Waals surface area contributed by atoms with E-state index in [1.165, 1.54) is 36.8 Å². The van der Waals surface area contributed by atoms with Crippen LogP contribution in [0.5, 0.6) is 5.75 Å². The third kappa shape index (κ3) is 7.63. The van der Waals surface area contributed by atoms with Gasteiger partial charge in [0.1, 0.15) is 12.4 Å². The third-order valence-corrected chi connectivity index (χ3v) is 5.19. The van der Waals surface area contributed by atoms with Crippen molar-refractivity contribution in [2.45, 2.75) is 45.3 Å². The Morgan fingerprint density at radius 2 is 1.61 bits per heavy atom. The van der Waals surface area contributed by atoms with Crippen molar-refractivity contribution in [1.29, 1.82) is 0 Å². The van der Waals surface area contributed by atoms with E-state index >= 15 is 0 Å². The maximum atomic E-state index is 5.95. The van der Waals surface area contributed by atoms with Crippen LogP contribution in [0.1, 0.15) is 49.8 Å². The molecule has 1 aliphatic heterocycles. The SMILES string of the molecule is CCCCC[C@@H](c1ccc(OCc2ccccc2)cc1)N1CCNCC1.Cl.Cl. The van der Waals surface area contributed by atoms with Crippen LogP contribution in [-0.2, 0) is 6.61 Å². The Kier molecular flexibility index (Phi) is 12.2. The highest BCUT2D eigenvalue weighted by Crippen LogP contribution is 2.28. The normalized spacial score (nSPS) is 15.2. The molecule has 0 aliphatic carbocycles. The highest BCUT2D eigenvalue weighted by molar-refractivity contribution is 5.85. The number of hydrogen-bond acceptors (Lipinski definition) is 3. The first-order valence-electron chi connectivity index (χ1n) is 10.1. The molecule has 1 heterocycles. The molecule has 0 saturated carbocycles. The van der Waals surface area contributed by atoms with Crippen LogP contribution in [0, 0.1) is 0 Å². The largest absolute Gasteiger partial charge is 0.489 e. The van der Waals surface area contributed by atoms with Crippen LogP contribution < -0.4 is 10.1 Å². The molecule has 0 amide bonds. The number of rotatable bonds is 9. The minimum atomic E-state index is 0. The van der Waals surface area contributed by atoms with Gasteiger partial charge in [-0.2, -0.15) is 0 Å². The van der Waals surface area contributed by atoms with Gasteiger partial charge >= 0.3 is 0 Å². The molecule has 1 N–H and O–H groups in total. The summed E-state index contributed by atoms with van der Waals surface area (Å²) < 4.78 is 5.95. The summed E-state index contributed by atoms with van der Waals surface area (Å²) in [6.07, 6.45) is 5.15. The fourth-order valence-corrected chi connectivity index (χ4v) is 3.67. The standard InChI is InChI=1S/C23H32N2O.2ClH/c1-2-3-5-10-23(25-17-15-24-16-18-25)21-11-13-22(14-12-21)26-19-20-8-6-4-7-9-20;;/h4,6-9,11-14,23-24H,2-3,5,10,15-19H2,1H3;2*1H/t23-;;/m0../s1. The van der Waals surface area contributed by atoms with Gasteiger partial charge in [0, 0.05) is 32.2 Å². The average Bonchev–Trinajstić information content (AvgIpc) is 2.72. The van der Waals surface area contributed by atoms with Gasteiger partial charge < -0.3 is 10.1 Å². The van der Waals surface area contributed by atoms with Crippen LogP contribution in [0.25, 0.3) is 0 Å². The highest BCUT2D eigenvalue weighted by Gasteiger charge is 2.21. The lowest BCUT2D eigenvalue weighted by Crippen LogP contribution is -2.45. The van der Waals surface area contributed by atoms with Crippen LogP contribution >= 0.6 is 24.8 Å². The predicted octanol–water partition coefficient (Wildman–Crippen LogP) is 5.64. The molecule has 1 fully saturated rings. The molecule has 0 spiro atoms. The highest BCUT2D eigenvalue weighted by atomic mass is 35.5. The summed E-state index contributed by atoms with van der Waals surface area (Å²) in [5.74, 6) is 0.949. The van der Waals surface area contributed by atoms with Crippen LogP contribution in [0.15, 0.2) is 54.6 Å². The number of benzene rings is 2. The van der Waals surface area contributed by atoms with E-state index in [0.717, 1.165) is 31.9 Å². The number of nitrogens with one attached hydrogen (secondary N) is 1. The molecule has 1 saturated heterocycles. The Labute approximate surface area is 182 Å². The van der Waals surface area contributed by atoms with E-state index in [-0.39, 0.29) is 24.8 Å². The number of piperazine rings is 1. The molecule has 0 radical (unpaired) electrons. The smallest absolute Gasteiger partial charge is 0.119 e. The molecule has 5 heteroatoms. The van der Waals surface area contributed by atoms with E-state index in [4.69, 9.17) is 4.74 Å². The number of hydrogen-bond donors (Lipinski definition) is 1. The van der Waals surface area contributed by atoms with Crippen molar-refractivity contribution in [3.05, 3.63) is 65.7 Å². The fraction of sp³-hybridized carbons (Fsp3) is 0.478. The topological polar surface area (TPSA) is 24.5 Å². The van der Waals surface area contributed by atoms with Crippen molar-refractivity contribution >= 4 is 24.8 Å². The lowest BCUT2D eigenvalue weighted by molar-refractivity contribution is 0.162. The molecular weight excluding hydrogens is 391 g/mol. The predicted molar refractivity (Wildman–Crippen MR) is 123 cm³/mol. The lowest BCUT2D eigenvalue weighted by atomic mass is 9.98. The Morgan fingerprint density at radius 3 is 2.25 bits per heavy atom. The van der Waals surface area contributed by atoms with Gasteiger partial charge in [-0.15, -0.1) is 24.8 Å². The molecular formula is C23H34Cl2N2O. The molecule has 1 aliphatic rings. The summed E-state index contributed by atoms with van der Waals surface area (Å²) in [4.78, 5) is 2.64. The maximum absolute atomic E-state index is 5.95. The van der Waals surface area contributed by atoms with Crippen LogP contribution in [0.4, 0.5) is 0 Å². The molecule has 28 heavy (non-hydrogen) atoms. The van der Waals surface area contributed by atoms with E-state index in [9.17, 15) is 0 Å². The zero-order chi connectivity index (χ0) is 18.0. The van der Waals surface area contributed by atoms with Gasteiger partial charge in [0.2, 0.25) is 0 Å². The van der Waals surface area contributed by atoms with Crippen LogP contribution in [-0.4, -0.2) is 31.1 Å². The van der Waals surface area contributed by atoms with E-state index < -0.39 is 0 Å². The van der Waals surface area contributed by atoms with Gasteiger partial charge in [-0.25, -0.2) is 0 Å². The van der Waals surface area contributed by atoms with Gasteiger partial charge in [0.05, 0.1) is 0 Å². The molecule has 3 rings (SSSR count). The Hall–Kier alpha value is -1.26. The van der Waals surface area contributed by atoms with Crippen LogP contribution in [0.2, 0.25) is 0 Å². The van der Waals surface area contributed by atoms with Crippen molar-refractivity contribution in [3.8, 4) is 5.75 Å². The first-order valence-corrected chi connectivity index (χ1v) is 10.1. The Balaban J connectivity index is 0.00000196. The van der Waals surface area contributed by atoms with E-state index in [2.05, 4.69) is 65.7 Å². The van der Waals surface area contributed by atoms with E-state index in [0.29, 0.717) is 12.6 Å². The third-order valence-electron chi connectivity index (χ3n) is 5.19. The van der Waals surface area contributed by atoms with Crippen LogP contribution in [0.3, 0.4) is 0 Å². The second-order valence-electron chi connectivity index (χ2n) is 7.14. The van der Waals surface area contributed by atoms with E-state index in [1.807, 2.05) is 6.07 Å². The summed E-state index contributed by atoms with van der Waals surface area (Å²) in [6, 6.07) is 19.7. The second kappa shape index (κ2) is 13.8. The average molecular weight is 425 g/mol. The van der Waals surface area contributed by atoms with Crippen molar-refractivity contribution in [3.63, 3.8) is 0 Å². The molecule has 2 aromatic rings. The van der Waals surface area contributed by atoms with Gasteiger partial charge in [0.15, 0.2) is 0 Å². The monoisotopic (exact) mass is 424 g/mol. The summed E-state index contributed by atoms with van der Waals surface area (Å²) in [5, 5.41) is 3.47. The zero-order valence-electron chi connectivity index (χ0n) is 16.8. The molecule has 3 nitrogen and oxygen atoms in total. The molecule has 0 bridgehead atoms. The Morgan fingerprint density at radius 1 is 0.929 bits per heavy atom. The van der Waals surface area contributed by atoms with Gasteiger partial charge in [0.25, 0.3) is 0 Å². The van der Waals surface area contributed by atoms with Crippen molar-refractivity contribution in [2.75, 3.05) is 26.2 Å². The van der Waals surface area contributed by atoms with E-state index in [1.54, 1.807) is 0 Å². The summed E-state index contributed by atoms with van der Waals surface area (Å²) in [7, 11) is 0. The van der Waals surface area contributed by atoms with Gasteiger partial charge in [-0.05, 0) is 29.7 Å². The quantitative estimate of drug-likeness (QED) is 0.527. The zero-order valence-corrected chi connectivity index (χ0v) is 18.4. The molecule has 1 atom stereocenters. The summed E-state index contributed by atoms with van der Waals surface area (Å²) in [6.45, 7) is 7.38. The fourth-order valence-electron chi connectivity index (χ4n) is 3.67. The maximum Gasteiger partial charge on any atom is 0.119 e. The van der Waals surface area contributed by atoms with Crippen molar-refractivity contribution < 1.29 is 4.74 Å². The first kappa shape index (κ1) is 24.8. The van der Waals surface area contributed by atoms with Crippen molar-refractivity contribution in [1.82, 2.24) is 10.2 Å². The lowest BCUT2D eigenvalue weighted by Gasteiger charge is -2.35. The molecule has 0 aromatic heterocycles. The van der Waals surface area contributed by atoms with Gasteiger partial charge in [-0.1, -0.05) is 68.7 Å². The van der Waals surface area contributed by atoms with Crippen molar-refractivity contribution in [2.24, 2.45) is 0 Å². The number of halogens is 2. The number of unbranched alkanes of at least 4 members (excludes halogenated alkanes) is 2. The molecule has 0 unspecified atom stereocenters. The molecule has 2 aromatic carbocycles. The minimum Gasteiger partial charge on any atom is -0.489 e. The summed E-state index contributed by atoms with van der Waals surface area (Å²) >= 11 is 0. The number of nitrogens with zero attached hydrogens (tertiary/aromatic N) is 1. The molecule has 156 valence electrons. The Bertz CT molecular complexity index is 631. The first-order chi connectivity index (χ1) is 12.9. The second-order valence-corrected chi connectivity index (χ2v) is 7.14. The number of ether oxygens (including phenoxy) is 1.